The molecule has 9 heteroatoms. The summed E-state index contributed by atoms with van der Waals surface area (Å²) in [6.07, 6.45) is 3.30. The number of aromatic carboxylic acids is 1. The third-order valence-electron chi connectivity index (χ3n) is 4.75. The van der Waals surface area contributed by atoms with E-state index in [0.717, 1.165) is 22.7 Å². The minimum Gasteiger partial charge on any atom is -0.477 e. The Labute approximate surface area is 186 Å². The van der Waals surface area contributed by atoms with Crippen molar-refractivity contribution in [1.82, 2.24) is 4.90 Å². The molecule has 31 heavy (non-hydrogen) atoms. The Balaban J connectivity index is 1.63. The van der Waals surface area contributed by atoms with E-state index in [1.807, 2.05) is 0 Å². The summed E-state index contributed by atoms with van der Waals surface area (Å²) in [5, 5.41) is 20.5. The van der Waals surface area contributed by atoms with Crippen LogP contribution in [0.5, 0.6) is 0 Å². The van der Waals surface area contributed by atoms with Gasteiger partial charge in [-0.1, -0.05) is 48.6 Å². The Morgan fingerprint density at radius 1 is 1.23 bits per heavy atom. The van der Waals surface area contributed by atoms with Crippen LogP contribution in [-0.2, 0) is 12.3 Å². The Morgan fingerprint density at radius 3 is 2.65 bits per heavy atom. The van der Waals surface area contributed by atoms with Crippen LogP contribution in [0.25, 0.3) is 0 Å². The van der Waals surface area contributed by atoms with Gasteiger partial charge in [0.05, 0.1) is 6.04 Å². The normalized spacial score (nSPS) is 18.0. The molecule has 1 aromatic carbocycles. The Bertz CT molecular complexity index is 975. The number of aliphatic hydroxyl groups excluding tert-OH is 1. The first-order chi connectivity index (χ1) is 14.8. The first-order valence-corrected chi connectivity index (χ1v) is 11.2. The van der Waals surface area contributed by atoms with E-state index in [1.165, 1.54) is 41.7 Å². The number of amides is 1. The van der Waals surface area contributed by atoms with E-state index >= 15 is 0 Å². The smallest absolute Gasteiger partial charge is 0.345 e. The fourth-order valence-corrected chi connectivity index (χ4v) is 4.69. The molecule has 0 saturated heterocycles. The fraction of sp³-hybridized carbons (Fsp3) is 0.273. The number of alkyl halides is 2. The van der Waals surface area contributed by atoms with E-state index in [2.05, 4.69) is 0 Å². The Kier molecular flexibility index (Phi) is 7.64. The number of carbonyl (C=O) groups is 2. The average Bonchev–Trinajstić information content (AvgIpc) is 3.23. The number of rotatable bonds is 9. The summed E-state index contributed by atoms with van der Waals surface area (Å²) in [5.41, 5.74) is -0.286. The van der Waals surface area contributed by atoms with Crippen molar-refractivity contribution in [3.8, 4) is 0 Å². The van der Waals surface area contributed by atoms with Gasteiger partial charge >= 0.3 is 11.9 Å². The SMILES string of the molecule is O=C(O)c1ccc(CCCN2C(=O)SC=C[C@H]2/C=C/[C@@H](O)C(F)(F)c2ccccc2)s1. The molecule has 1 aliphatic heterocycles. The Morgan fingerprint density at radius 2 is 1.97 bits per heavy atom. The molecule has 1 aliphatic rings. The summed E-state index contributed by atoms with van der Waals surface area (Å²) in [6, 6.07) is 9.84. The van der Waals surface area contributed by atoms with Crippen LogP contribution in [0.4, 0.5) is 13.6 Å². The second kappa shape index (κ2) is 10.2. The summed E-state index contributed by atoms with van der Waals surface area (Å²) in [5.74, 6) is -4.43. The van der Waals surface area contributed by atoms with Crippen molar-refractivity contribution in [1.29, 1.82) is 0 Å². The van der Waals surface area contributed by atoms with Crippen LogP contribution < -0.4 is 0 Å². The lowest BCUT2D eigenvalue weighted by Gasteiger charge is -2.30. The predicted octanol–water partition coefficient (Wildman–Crippen LogP) is 5.14. The van der Waals surface area contributed by atoms with Crippen molar-refractivity contribution >= 4 is 34.3 Å². The molecule has 1 aromatic heterocycles. The Hall–Kier alpha value is -2.49. The molecule has 164 valence electrons. The number of benzene rings is 1. The molecule has 2 heterocycles. The lowest BCUT2D eigenvalue weighted by Crippen LogP contribution is -2.39. The van der Waals surface area contributed by atoms with Crippen LogP contribution in [0.3, 0.4) is 0 Å². The molecule has 2 aromatic rings. The molecule has 0 bridgehead atoms. The summed E-state index contributed by atoms with van der Waals surface area (Å²) in [6.45, 7) is 0.372. The minimum atomic E-state index is -3.46. The molecule has 3 rings (SSSR count). The lowest BCUT2D eigenvalue weighted by molar-refractivity contribution is -0.0929. The van der Waals surface area contributed by atoms with Crippen molar-refractivity contribution in [2.45, 2.75) is 30.9 Å². The van der Waals surface area contributed by atoms with E-state index in [1.54, 1.807) is 34.6 Å². The molecule has 0 aliphatic carbocycles. The van der Waals surface area contributed by atoms with Crippen molar-refractivity contribution in [2.75, 3.05) is 6.54 Å². The van der Waals surface area contributed by atoms with Crippen LogP contribution in [0.1, 0.15) is 26.5 Å². The first kappa shape index (κ1) is 23.2. The standard InChI is InChI=1S/C22H21F2NO4S2/c23-22(24,15-5-2-1-3-6-15)19(26)11-8-16-12-14-30-21(29)25(16)13-4-7-17-9-10-18(31-17)20(27)28/h1-3,5-6,8-12,14,16,19,26H,4,7,13H2,(H,27,28)/b11-8+/t16-,19-/m1/s1. The van der Waals surface area contributed by atoms with Gasteiger partial charge in [-0.05, 0) is 42.1 Å². The maximum absolute atomic E-state index is 14.5. The molecule has 0 radical (unpaired) electrons. The number of halogens is 2. The number of thioether (sulfide) groups is 1. The molecule has 5 nitrogen and oxygen atoms in total. The topological polar surface area (TPSA) is 77.8 Å². The van der Waals surface area contributed by atoms with Gasteiger partial charge < -0.3 is 15.1 Å². The average molecular weight is 466 g/mol. The third kappa shape index (κ3) is 5.81. The van der Waals surface area contributed by atoms with Crippen LogP contribution in [0.15, 0.2) is 66.1 Å². The number of aliphatic hydroxyl groups is 1. The number of aryl methyl sites for hydroxylation is 1. The van der Waals surface area contributed by atoms with Gasteiger partial charge in [0.15, 0.2) is 0 Å². The molecule has 0 unspecified atom stereocenters. The summed E-state index contributed by atoms with van der Waals surface area (Å²) < 4.78 is 29.0. The second-order valence-electron chi connectivity index (χ2n) is 6.89. The van der Waals surface area contributed by atoms with Gasteiger partial charge in [0.2, 0.25) is 0 Å². The van der Waals surface area contributed by atoms with Crippen molar-refractivity contribution < 1.29 is 28.6 Å². The molecule has 2 atom stereocenters. The van der Waals surface area contributed by atoms with Gasteiger partial charge in [0.25, 0.3) is 5.24 Å². The van der Waals surface area contributed by atoms with E-state index in [9.17, 15) is 23.5 Å². The van der Waals surface area contributed by atoms with Gasteiger partial charge in [0, 0.05) is 17.0 Å². The van der Waals surface area contributed by atoms with Gasteiger partial charge in [-0.3, -0.25) is 4.79 Å². The van der Waals surface area contributed by atoms with Crippen molar-refractivity contribution in [2.24, 2.45) is 0 Å². The largest absolute Gasteiger partial charge is 0.477 e. The molecule has 2 N–H and O–H groups in total. The van der Waals surface area contributed by atoms with E-state index in [-0.39, 0.29) is 15.7 Å². The van der Waals surface area contributed by atoms with Crippen LogP contribution in [0, 0.1) is 0 Å². The number of carboxylic acid groups (broad SMARTS) is 1. The zero-order valence-electron chi connectivity index (χ0n) is 16.4. The maximum Gasteiger partial charge on any atom is 0.345 e. The summed E-state index contributed by atoms with van der Waals surface area (Å²) >= 11 is 2.20. The molecule has 0 spiro atoms. The number of thiophene rings is 1. The number of hydrogen-bond donors (Lipinski definition) is 2. The highest BCUT2D eigenvalue weighted by Gasteiger charge is 2.39. The predicted molar refractivity (Wildman–Crippen MR) is 118 cm³/mol. The molecule has 0 saturated carbocycles. The molecular formula is C22H21F2NO4S2. The number of hydrogen-bond acceptors (Lipinski definition) is 5. The van der Waals surface area contributed by atoms with E-state index < -0.39 is 24.0 Å². The lowest BCUT2D eigenvalue weighted by atomic mass is 10.0. The van der Waals surface area contributed by atoms with Gasteiger partial charge in [-0.2, -0.15) is 8.78 Å². The zero-order chi connectivity index (χ0) is 22.4. The van der Waals surface area contributed by atoms with E-state index in [4.69, 9.17) is 5.11 Å². The van der Waals surface area contributed by atoms with Gasteiger partial charge in [0.1, 0.15) is 11.0 Å². The van der Waals surface area contributed by atoms with Crippen molar-refractivity contribution in [3.05, 3.63) is 81.4 Å². The quantitative estimate of drug-likeness (QED) is 0.502. The summed E-state index contributed by atoms with van der Waals surface area (Å²) in [4.78, 5) is 26.0. The zero-order valence-corrected chi connectivity index (χ0v) is 18.0. The molecule has 1 amide bonds. The van der Waals surface area contributed by atoms with Crippen LogP contribution in [0.2, 0.25) is 0 Å². The van der Waals surface area contributed by atoms with Crippen LogP contribution >= 0.6 is 23.1 Å². The summed E-state index contributed by atoms with van der Waals surface area (Å²) in [7, 11) is 0. The number of carbonyl (C=O) groups excluding carboxylic acids is 1. The van der Waals surface area contributed by atoms with Crippen LogP contribution in [-0.4, -0.2) is 45.0 Å². The monoisotopic (exact) mass is 465 g/mol. The molecule has 0 fully saturated rings. The fourth-order valence-electron chi connectivity index (χ4n) is 3.10. The second-order valence-corrected chi connectivity index (χ2v) is 8.92. The first-order valence-electron chi connectivity index (χ1n) is 9.54. The third-order valence-corrected chi connectivity index (χ3v) is 6.62. The maximum atomic E-state index is 14.5. The number of carboxylic acids is 1. The number of nitrogens with zero attached hydrogens (tertiary/aromatic N) is 1. The highest BCUT2D eigenvalue weighted by Crippen LogP contribution is 2.32. The highest BCUT2D eigenvalue weighted by molar-refractivity contribution is 8.16. The van der Waals surface area contributed by atoms with E-state index in [0.29, 0.717) is 19.4 Å². The van der Waals surface area contributed by atoms with Gasteiger partial charge in [-0.25, -0.2) is 4.79 Å². The minimum absolute atomic E-state index is 0.209. The molecular weight excluding hydrogens is 444 g/mol. The van der Waals surface area contributed by atoms with Gasteiger partial charge in [-0.15, -0.1) is 11.3 Å². The highest BCUT2D eigenvalue weighted by atomic mass is 32.2. The van der Waals surface area contributed by atoms with Crippen molar-refractivity contribution in [3.63, 3.8) is 0 Å².